The Hall–Kier alpha value is -2.77. The maximum atomic E-state index is 4.45. The molecule has 30 heavy (non-hydrogen) atoms. The fourth-order valence-corrected chi connectivity index (χ4v) is 8.46. The Balaban J connectivity index is 2.12. The van der Waals surface area contributed by atoms with Crippen molar-refractivity contribution >= 4 is 26.1 Å². The number of rotatable bonds is 4. The smallest absolute Gasteiger partial charge is 0.0102 e. The highest BCUT2D eigenvalue weighted by Gasteiger charge is 2.37. The van der Waals surface area contributed by atoms with Crippen molar-refractivity contribution in [2.45, 2.75) is 25.7 Å². The summed E-state index contributed by atoms with van der Waals surface area (Å²) in [5.41, 5.74) is 10.1. The zero-order chi connectivity index (χ0) is 21.5. The SMILES string of the molecule is C=C(C)/C(=C(/c1cccc(C)c1)S1(C)CC(=C)c2ccccc21)c1cccc(C)c1. The highest BCUT2D eigenvalue weighted by Crippen LogP contribution is 2.71. The van der Waals surface area contributed by atoms with Gasteiger partial charge in [0, 0.05) is 15.6 Å². The Bertz CT molecular complexity index is 1190. The number of benzene rings is 3. The predicted molar refractivity (Wildman–Crippen MR) is 136 cm³/mol. The first-order valence-electron chi connectivity index (χ1n) is 10.4. The van der Waals surface area contributed by atoms with Crippen molar-refractivity contribution in [3.05, 3.63) is 119 Å². The van der Waals surface area contributed by atoms with Gasteiger partial charge in [-0.15, -0.1) is 0 Å². The maximum absolute atomic E-state index is 4.45. The lowest BCUT2D eigenvalue weighted by molar-refractivity contribution is 1.41. The fourth-order valence-electron chi connectivity index (χ4n) is 4.63. The molecule has 1 heterocycles. The molecule has 152 valence electrons. The van der Waals surface area contributed by atoms with Crippen LogP contribution in [-0.2, 0) is 0 Å². The summed E-state index contributed by atoms with van der Waals surface area (Å²) < 4.78 is 0. The molecule has 0 aliphatic carbocycles. The van der Waals surface area contributed by atoms with E-state index in [1.165, 1.54) is 48.8 Å². The Kier molecular flexibility index (Phi) is 5.34. The second-order valence-corrected chi connectivity index (χ2v) is 11.9. The molecule has 1 unspecified atom stereocenters. The lowest BCUT2D eigenvalue weighted by atomic mass is 9.95. The molecule has 0 saturated carbocycles. The van der Waals surface area contributed by atoms with E-state index in [-0.39, 0.29) is 0 Å². The molecule has 1 atom stereocenters. The van der Waals surface area contributed by atoms with Gasteiger partial charge in [0.15, 0.2) is 0 Å². The highest BCUT2D eigenvalue weighted by atomic mass is 32.3. The number of hydrogen-bond acceptors (Lipinski definition) is 0. The van der Waals surface area contributed by atoms with Gasteiger partial charge in [0.25, 0.3) is 0 Å². The Morgan fingerprint density at radius 3 is 2.07 bits per heavy atom. The molecule has 0 spiro atoms. The third-order valence-corrected chi connectivity index (χ3v) is 9.50. The average Bonchev–Trinajstić information content (AvgIpc) is 2.97. The van der Waals surface area contributed by atoms with Gasteiger partial charge in [-0.3, -0.25) is 0 Å². The van der Waals surface area contributed by atoms with Crippen LogP contribution in [-0.4, -0.2) is 12.0 Å². The lowest BCUT2D eigenvalue weighted by Crippen LogP contribution is -2.06. The predicted octanol–water partition coefficient (Wildman–Crippen LogP) is 8.27. The van der Waals surface area contributed by atoms with Gasteiger partial charge in [-0.1, -0.05) is 91.0 Å². The molecule has 1 heteroatoms. The van der Waals surface area contributed by atoms with Crippen molar-refractivity contribution < 1.29 is 0 Å². The van der Waals surface area contributed by atoms with E-state index < -0.39 is 10.0 Å². The van der Waals surface area contributed by atoms with E-state index in [9.17, 15) is 0 Å². The molecule has 4 rings (SSSR count). The van der Waals surface area contributed by atoms with Crippen LogP contribution in [0.5, 0.6) is 0 Å². The average molecular weight is 411 g/mol. The van der Waals surface area contributed by atoms with Crippen molar-refractivity contribution in [3.63, 3.8) is 0 Å². The number of aryl methyl sites for hydroxylation is 2. The standard InChI is InChI=1S/C29H30S/c1-20(2)28(24-13-9-11-21(3)17-24)29(25-14-10-12-22(4)18-25)30(6)19-23(5)26-15-7-8-16-27(26)30/h7-18H,1,5,19H2,2-4,6H3/b29-28+. The lowest BCUT2D eigenvalue weighted by Gasteiger charge is -2.38. The van der Waals surface area contributed by atoms with Crippen LogP contribution in [0.25, 0.3) is 16.1 Å². The van der Waals surface area contributed by atoms with E-state index in [0.29, 0.717) is 0 Å². The summed E-state index contributed by atoms with van der Waals surface area (Å²) in [5.74, 6) is 0.998. The van der Waals surface area contributed by atoms with Crippen molar-refractivity contribution in [2.75, 3.05) is 12.0 Å². The first-order valence-corrected chi connectivity index (χ1v) is 12.6. The van der Waals surface area contributed by atoms with E-state index in [1.54, 1.807) is 0 Å². The third-order valence-electron chi connectivity index (χ3n) is 5.91. The highest BCUT2D eigenvalue weighted by molar-refractivity contribution is 8.41. The van der Waals surface area contributed by atoms with E-state index in [1.807, 2.05) is 0 Å². The van der Waals surface area contributed by atoms with E-state index in [4.69, 9.17) is 0 Å². The summed E-state index contributed by atoms with van der Waals surface area (Å²) in [6, 6.07) is 26.6. The summed E-state index contributed by atoms with van der Waals surface area (Å²) in [4.78, 5) is 2.87. The molecule has 0 fully saturated rings. The molecular formula is C29H30S. The molecule has 0 aromatic heterocycles. The number of allylic oxidation sites excluding steroid dienone is 2. The van der Waals surface area contributed by atoms with Crippen LogP contribution in [0.1, 0.15) is 34.7 Å². The minimum absolute atomic E-state index is 0.998. The summed E-state index contributed by atoms with van der Waals surface area (Å²) in [5, 5.41) is 0. The first kappa shape index (κ1) is 20.5. The maximum Gasteiger partial charge on any atom is 0.0102 e. The number of fused-ring (bicyclic) bond motifs is 1. The van der Waals surface area contributed by atoms with Crippen molar-refractivity contribution in [1.29, 1.82) is 0 Å². The Morgan fingerprint density at radius 1 is 0.833 bits per heavy atom. The van der Waals surface area contributed by atoms with Crippen molar-refractivity contribution in [3.8, 4) is 0 Å². The Labute approximate surface area is 183 Å². The van der Waals surface area contributed by atoms with Crippen LogP contribution in [0.4, 0.5) is 0 Å². The second kappa shape index (κ2) is 7.81. The van der Waals surface area contributed by atoms with Crippen LogP contribution in [0.15, 0.2) is 96.4 Å². The summed E-state index contributed by atoms with van der Waals surface area (Å²) in [6.45, 7) is 15.4. The zero-order valence-corrected chi connectivity index (χ0v) is 19.3. The molecule has 0 N–H and O–H groups in total. The van der Waals surface area contributed by atoms with Crippen molar-refractivity contribution in [1.82, 2.24) is 0 Å². The van der Waals surface area contributed by atoms with Crippen LogP contribution >= 0.6 is 10.0 Å². The van der Waals surface area contributed by atoms with Gasteiger partial charge in [0.2, 0.25) is 0 Å². The van der Waals surface area contributed by atoms with Gasteiger partial charge in [-0.2, -0.15) is 10.0 Å². The van der Waals surface area contributed by atoms with Gasteiger partial charge in [0.1, 0.15) is 0 Å². The molecule has 1 aliphatic heterocycles. The topological polar surface area (TPSA) is 0 Å². The normalized spacial score (nSPS) is 20.9. The monoisotopic (exact) mass is 410 g/mol. The minimum atomic E-state index is -1.31. The first-order chi connectivity index (χ1) is 14.3. The van der Waals surface area contributed by atoms with Crippen molar-refractivity contribution in [2.24, 2.45) is 0 Å². The largest absolute Gasteiger partial charge is 0.185 e. The Morgan fingerprint density at radius 2 is 1.43 bits per heavy atom. The molecule has 0 radical (unpaired) electrons. The van der Waals surface area contributed by atoms with E-state index >= 15 is 0 Å². The fraction of sp³-hybridized carbons (Fsp3) is 0.172. The molecule has 0 bridgehead atoms. The molecule has 3 aromatic rings. The van der Waals surface area contributed by atoms with Gasteiger partial charge >= 0.3 is 0 Å². The zero-order valence-electron chi connectivity index (χ0n) is 18.5. The molecule has 0 nitrogen and oxygen atoms in total. The van der Waals surface area contributed by atoms with Crippen LogP contribution in [0.3, 0.4) is 0 Å². The van der Waals surface area contributed by atoms with Gasteiger partial charge in [-0.05, 0) is 66.5 Å². The summed E-state index contributed by atoms with van der Waals surface area (Å²) in [6.07, 6.45) is 2.46. The second-order valence-electron chi connectivity index (χ2n) is 8.56. The molecular weight excluding hydrogens is 380 g/mol. The number of hydrogen-bond donors (Lipinski definition) is 0. The van der Waals surface area contributed by atoms with E-state index in [2.05, 4.69) is 113 Å². The van der Waals surface area contributed by atoms with E-state index in [0.717, 1.165) is 11.3 Å². The van der Waals surface area contributed by atoms with Crippen LogP contribution in [0, 0.1) is 13.8 Å². The molecule has 1 aliphatic rings. The molecule has 3 aromatic carbocycles. The quantitative estimate of drug-likeness (QED) is 0.300. The van der Waals surface area contributed by atoms with Crippen LogP contribution in [0.2, 0.25) is 0 Å². The minimum Gasteiger partial charge on any atom is -0.185 e. The van der Waals surface area contributed by atoms with Crippen LogP contribution < -0.4 is 0 Å². The van der Waals surface area contributed by atoms with Gasteiger partial charge in [0.05, 0.1) is 0 Å². The summed E-state index contributed by atoms with van der Waals surface area (Å²) >= 11 is 0. The van der Waals surface area contributed by atoms with Gasteiger partial charge < -0.3 is 0 Å². The summed E-state index contributed by atoms with van der Waals surface area (Å²) in [7, 11) is -1.31. The molecule has 0 saturated heterocycles. The molecule has 0 amide bonds. The third kappa shape index (κ3) is 3.48. The van der Waals surface area contributed by atoms with Gasteiger partial charge in [-0.25, -0.2) is 0 Å².